The van der Waals surface area contributed by atoms with Crippen molar-refractivity contribution in [2.75, 3.05) is 6.54 Å². The van der Waals surface area contributed by atoms with E-state index in [1.165, 1.54) is 0 Å². The van der Waals surface area contributed by atoms with Crippen LogP contribution in [0.1, 0.15) is 13.8 Å². The van der Waals surface area contributed by atoms with Gasteiger partial charge in [0, 0.05) is 0 Å². The summed E-state index contributed by atoms with van der Waals surface area (Å²) in [5.41, 5.74) is 0. The van der Waals surface area contributed by atoms with E-state index in [4.69, 9.17) is 5.11 Å². The first-order chi connectivity index (χ1) is 6.93. The molecule has 0 saturated carbocycles. The van der Waals surface area contributed by atoms with E-state index in [1.54, 1.807) is 0 Å². The van der Waals surface area contributed by atoms with E-state index in [2.05, 4.69) is 10.1 Å². The molecule has 0 aromatic heterocycles. The van der Waals surface area contributed by atoms with Gasteiger partial charge < -0.3 is 30.5 Å². The van der Waals surface area contributed by atoms with E-state index in [0.29, 0.717) is 12.5 Å². The van der Waals surface area contributed by atoms with Gasteiger partial charge in [-0.15, -0.1) is 0 Å². The van der Waals surface area contributed by atoms with Crippen molar-refractivity contribution in [2.24, 2.45) is 5.92 Å². The minimum absolute atomic E-state index is 0.341. The van der Waals surface area contributed by atoms with Crippen molar-refractivity contribution in [3.05, 3.63) is 0 Å². The Hall–Kier alpha value is -0.240. The quantitative estimate of drug-likeness (QED) is 0.377. The standard InChI is InChI=1S/C9H19NO5/c1-4(2)3-10-5-6(11)7(12)9(14)15-8(5)13/h4-14H,3H2,1-2H3/t5-,6-,7+,8?,9+/m1/s1. The maximum Gasteiger partial charge on any atom is 0.186 e. The van der Waals surface area contributed by atoms with Crippen LogP contribution in [0.2, 0.25) is 0 Å². The largest absolute Gasteiger partial charge is 0.388 e. The van der Waals surface area contributed by atoms with Gasteiger partial charge >= 0.3 is 0 Å². The van der Waals surface area contributed by atoms with E-state index in [0.717, 1.165) is 0 Å². The Morgan fingerprint density at radius 2 is 1.67 bits per heavy atom. The second-order valence-corrected chi connectivity index (χ2v) is 4.23. The molecule has 1 aliphatic rings. The lowest BCUT2D eigenvalue weighted by Gasteiger charge is -2.39. The summed E-state index contributed by atoms with van der Waals surface area (Å²) in [4.78, 5) is 0. The van der Waals surface area contributed by atoms with Crippen molar-refractivity contribution in [3.63, 3.8) is 0 Å². The Morgan fingerprint density at radius 1 is 1.07 bits per heavy atom. The van der Waals surface area contributed by atoms with Crippen LogP contribution < -0.4 is 5.32 Å². The van der Waals surface area contributed by atoms with Crippen LogP contribution in [0.3, 0.4) is 0 Å². The predicted molar refractivity (Wildman–Crippen MR) is 51.7 cm³/mol. The molecule has 0 amide bonds. The lowest BCUT2D eigenvalue weighted by molar-refractivity contribution is -0.304. The Morgan fingerprint density at radius 3 is 2.20 bits per heavy atom. The van der Waals surface area contributed by atoms with Crippen molar-refractivity contribution >= 4 is 0 Å². The second-order valence-electron chi connectivity index (χ2n) is 4.23. The molecule has 90 valence electrons. The highest BCUT2D eigenvalue weighted by Gasteiger charge is 2.42. The summed E-state index contributed by atoms with van der Waals surface area (Å²) in [7, 11) is 0. The molecule has 1 heterocycles. The van der Waals surface area contributed by atoms with Crippen molar-refractivity contribution in [1.29, 1.82) is 0 Å². The lowest BCUT2D eigenvalue weighted by atomic mass is 10.0. The van der Waals surface area contributed by atoms with Gasteiger partial charge in [-0.2, -0.15) is 0 Å². The average molecular weight is 221 g/mol. The van der Waals surface area contributed by atoms with Gasteiger partial charge in [0.05, 0.1) is 6.04 Å². The van der Waals surface area contributed by atoms with Crippen LogP contribution in [0.15, 0.2) is 0 Å². The molecule has 6 nitrogen and oxygen atoms in total. The molecule has 1 unspecified atom stereocenters. The Labute approximate surface area is 88.5 Å². The maximum atomic E-state index is 9.58. The first-order valence-electron chi connectivity index (χ1n) is 5.04. The second kappa shape index (κ2) is 5.20. The van der Waals surface area contributed by atoms with Crippen LogP contribution in [0.5, 0.6) is 0 Å². The van der Waals surface area contributed by atoms with Gasteiger partial charge in [-0.05, 0) is 12.5 Å². The number of aliphatic hydroxyl groups is 4. The highest BCUT2D eigenvalue weighted by atomic mass is 16.7. The summed E-state index contributed by atoms with van der Waals surface area (Å²) in [6.45, 7) is 4.52. The third-order valence-corrected chi connectivity index (χ3v) is 2.36. The third-order valence-electron chi connectivity index (χ3n) is 2.36. The molecular formula is C9H19NO5. The van der Waals surface area contributed by atoms with E-state index in [1.807, 2.05) is 13.8 Å². The first-order valence-corrected chi connectivity index (χ1v) is 5.04. The highest BCUT2D eigenvalue weighted by Crippen LogP contribution is 2.18. The van der Waals surface area contributed by atoms with Crippen LogP contribution in [0, 0.1) is 5.92 Å². The van der Waals surface area contributed by atoms with Gasteiger partial charge in [-0.1, -0.05) is 13.8 Å². The smallest absolute Gasteiger partial charge is 0.186 e. The average Bonchev–Trinajstić information content (AvgIpc) is 2.14. The van der Waals surface area contributed by atoms with E-state index in [-0.39, 0.29) is 0 Å². The van der Waals surface area contributed by atoms with Crippen molar-refractivity contribution in [2.45, 2.75) is 44.7 Å². The number of nitrogens with one attached hydrogen (secondary N) is 1. The Balaban J connectivity index is 2.54. The summed E-state index contributed by atoms with van der Waals surface area (Å²) < 4.78 is 4.65. The third kappa shape index (κ3) is 3.10. The molecule has 0 spiro atoms. The van der Waals surface area contributed by atoms with E-state index < -0.39 is 30.8 Å². The summed E-state index contributed by atoms with van der Waals surface area (Å²) in [6.07, 6.45) is -5.52. The number of aliphatic hydroxyl groups excluding tert-OH is 4. The molecule has 0 aromatic rings. The number of hydrogen-bond donors (Lipinski definition) is 5. The molecule has 1 fully saturated rings. The molecular weight excluding hydrogens is 202 g/mol. The Bertz CT molecular complexity index is 201. The molecule has 0 aliphatic carbocycles. The highest BCUT2D eigenvalue weighted by molar-refractivity contribution is 4.89. The van der Waals surface area contributed by atoms with Crippen LogP contribution in [-0.4, -0.2) is 57.8 Å². The van der Waals surface area contributed by atoms with Crippen molar-refractivity contribution in [1.82, 2.24) is 5.32 Å². The zero-order valence-electron chi connectivity index (χ0n) is 8.87. The molecule has 0 aromatic carbocycles. The van der Waals surface area contributed by atoms with Gasteiger partial charge in [-0.3, -0.25) is 0 Å². The van der Waals surface area contributed by atoms with Gasteiger partial charge in [0.15, 0.2) is 12.6 Å². The fourth-order valence-electron chi connectivity index (χ4n) is 1.45. The van der Waals surface area contributed by atoms with Crippen LogP contribution in [0.25, 0.3) is 0 Å². The minimum atomic E-state index is -1.55. The fourth-order valence-corrected chi connectivity index (χ4v) is 1.45. The van der Waals surface area contributed by atoms with Crippen LogP contribution in [-0.2, 0) is 4.74 Å². The normalized spacial score (nSPS) is 42.2. The van der Waals surface area contributed by atoms with E-state index >= 15 is 0 Å². The van der Waals surface area contributed by atoms with E-state index in [9.17, 15) is 15.3 Å². The SMILES string of the molecule is CC(C)CN[C@H]1C(O)O[C@H](O)[C@@H](O)[C@@H]1O. The minimum Gasteiger partial charge on any atom is -0.388 e. The molecule has 0 radical (unpaired) electrons. The van der Waals surface area contributed by atoms with Gasteiger partial charge in [0.1, 0.15) is 12.2 Å². The summed E-state index contributed by atoms with van der Waals surface area (Å²) in [6, 6.07) is -0.786. The molecule has 5 atom stereocenters. The molecule has 5 N–H and O–H groups in total. The number of rotatable bonds is 3. The zero-order chi connectivity index (χ0) is 11.6. The molecule has 0 bridgehead atoms. The zero-order valence-corrected chi connectivity index (χ0v) is 8.87. The summed E-state index contributed by atoms with van der Waals surface area (Å²) in [5.74, 6) is 0.341. The van der Waals surface area contributed by atoms with Crippen molar-refractivity contribution < 1.29 is 25.2 Å². The molecule has 1 saturated heterocycles. The lowest BCUT2D eigenvalue weighted by Crippen LogP contribution is -2.62. The number of hydrogen-bond acceptors (Lipinski definition) is 6. The number of ether oxygens (including phenoxy) is 1. The fraction of sp³-hybridized carbons (Fsp3) is 1.00. The molecule has 6 heteroatoms. The molecule has 1 rings (SSSR count). The summed E-state index contributed by atoms with van der Waals surface area (Å²) >= 11 is 0. The topological polar surface area (TPSA) is 102 Å². The first kappa shape index (κ1) is 12.8. The monoisotopic (exact) mass is 221 g/mol. The van der Waals surface area contributed by atoms with Crippen LogP contribution >= 0.6 is 0 Å². The molecule has 1 aliphatic heterocycles. The van der Waals surface area contributed by atoms with Crippen LogP contribution in [0.4, 0.5) is 0 Å². The van der Waals surface area contributed by atoms with Gasteiger partial charge in [0.2, 0.25) is 0 Å². The maximum absolute atomic E-state index is 9.58. The molecule has 15 heavy (non-hydrogen) atoms. The van der Waals surface area contributed by atoms with Crippen molar-refractivity contribution in [3.8, 4) is 0 Å². The van der Waals surface area contributed by atoms with Gasteiger partial charge in [0.25, 0.3) is 0 Å². The Kier molecular flexibility index (Phi) is 4.45. The summed E-state index contributed by atoms with van der Waals surface area (Å²) in [5, 5.41) is 40.3. The van der Waals surface area contributed by atoms with Gasteiger partial charge in [-0.25, -0.2) is 0 Å². The predicted octanol–water partition coefficient (Wildman–Crippen LogP) is -2.01.